The topological polar surface area (TPSA) is 92.7 Å². The summed E-state index contributed by atoms with van der Waals surface area (Å²) in [7, 11) is 1.79. The maximum atomic E-state index is 12.0. The zero-order chi connectivity index (χ0) is 16.0. The Balaban J connectivity index is 2.74. The molecule has 0 aliphatic heterocycles. The van der Waals surface area contributed by atoms with Crippen LogP contribution < -0.4 is 5.73 Å². The van der Waals surface area contributed by atoms with E-state index in [2.05, 4.69) is 0 Å². The van der Waals surface area contributed by atoms with Crippen LogP contribution in [0.3, 0.4) is 0 Å². The number of hydrogen-bond acceptors (Lipinski definition) is 5. The van der Waals surface area contributed by atoms with Crippen molar-refractivity contribution in [3.8, 4) is 0 Å². The Kier molecular flexibility index (Phi) is 6.10. The highest BCUT2D eigenvalue weighted by molar-refractivity contribution is 5.78. The third-order valence-corrected chi connectivity index (χ3v) is 3.30. The molecule has 21 heavy (non-hydrogen) atoms. The maximum Gasteiger partial charge on any atom is 0.269 e. The maximum absolute atomic E-state index is 12.0. The van der Waals surface area contributed by atoms with Crippen LogP contribution in [0.1, 0.15) is 19.4 Å². The molecule has 0 aliphatic rings. The lowest BCUT2D eigenvalue weighted by molar-refractivity contribution is -0.384. The summed E-state index contributed by atoms with van der Waals surface area (Å²) in [6.07, 6.45) is 0. The quantitative estimate of drug-likeness (QED) is 0.467. The van der Waals surface area contributed by atoms with Crippen molar-refractivity contribution in [2.75, 3.05) is 32.4 Å². The van der Waals surface area contributed by atoms with Gasteiger partial charge in [0.15, 0.2) is 0 Å². The number of nitro groups is 1. The summed E-state index contributed by atoms with van der Waals surface area (Å²) >= 11 is 0. The van der Waals surface area contributed by atoms with Crippen LogP contribution in [0.4, 0.5) is 11.4 Å². The molecule has 7 nitrogen and oxygen atoms in total. The normalized spacial score (nSPS) is 10.7. The van der Waals surface area contributed by atoms with Crippen LogP contribution in [0, 0.1) is 10.1 Å². The number of non-ortho nitro benzene ring substituents is 1. The Hall–Kier alpha value is -2.15. The van der Waals surface area contributed by atoms with Gasteiger partial charge in [-0.05, 0) is 32.5 Å². The van der Waals surface area contributed by atoms with Crippen molar-refractivity contribution >= 4 is 17.3 Å². The van der Waals surface area contributed by atoms with Crippen molar-refractivity contribution in [3.05, 3.63) is 33.9 Å². The van der Waals surface area contributed by atoms with E-state index < -0.39 is 4.92 Å². The van der Waals surface area contributed by atoms with Crippen LogP contribution in [0.25, 0.3) is 0 Å². The van der Waals surface area contributed by atoms with Gasteiger partial charge in [-0.25, -0.2) is 0 Å². The largest absolute Gasteiger partial charge is 0.398 e. The van der Waals surface area contributed by atoms with Gasteiger partial charge < -0.3 is 10.6 Å². The van der Waals surface area contributed by atoms with Gasteiger partial charge in [-0.15, -0.1) is 0 Å². The predicted octanol–water partition coefficient (Wildman–Crippen LogP) is 1.48. The zero-order valence-corrected chi connectivity index (χ0v) is 12.7. The molecular weight excluding hydrogens is 272 g/mol. The van der Waals surface area contributed by atoms with E-state index in [1.165, 1.54) is 18.2 Å². The fourth-order valence-electron chi connectivity index (χ4n) is 2.10. The lowest BCUT2D eigenvalue weighted by atomic mass is 10.1. The molecule has 0 unspecified atom stereocenters. The van der Waals surface area contributed by atoms with E-state index in [9.17, 15) is 14.9 Å². The molecule has 0 bridgehead atoms. The van der Waals surface area contributed by atoms with Crippen molar-refractivity contribution in [2.24, 2.45) is 0 Å². The summed E-state index contributed by atoms with van der Waals surface area (Å²) in [5.41, 5.74) is 6.98. The minimum atomic E-state index is -0.454. The minimum Gasteiger partial charge on any atom is -0.398 e. The van der Waals surface area contributed by atoms with Gasteiger partial charge in [-0.2, -0.15) is 0 Å². The van der Waals surface area contributed by atoms with Gasteiger partial charge in [-0.3, -0.25) is 19.8 Å². The summed E-state index contributed by atoms with van der Waals surface area (Å²) in [6.45, 7) is 5.84. The standard InChI is InChI=1S/C14H22N4O3/c1-4-17(5-2)14(19)10-16(3)9-11-8-12(18(20)21)6-7-13(11)15/h6-8H,4-5,9-10,15H2,1-3H3. The molecule has 0 heterocycles. The monoisotopic (exact) mass is 294 g/mol. The van der Waals surface area contributed by atoms with E-state index in [-0.39, 0.29) is 18.1 Å². The number of amides is 1. The fourth-order valence-corrected chi connectivity index (χ4v) is 2.10. The highest BCUT2D eigenvalue weighted by atomic mass is 16.6. The van der Waals surface area contributed by atoms with Gasteiger partial charge in [-0.1, -0.05) is 0 Å². The molecule has 0 radical (unpaired) electrons. The van der Waals surface area contributed by atoms with Crippen LogP contribution in [0.15, 0.2) is 18.2 Å². The molecule has 0 fully saturated rings. The third kappa shape index (κ3) is 4.71. The second-order valence-electron chi connectivity index (χ2n) is 4.88. The van der Waals surface area contributed by atoms with Gasteiger partial charge in [0, 0.05) is 37.5 Å². The van der Waals surface area contributed by atoms with Crippen LogP contribution in [-0.2, 0) is 11.3 Å². The average molecular weight is 294 g/mol. The fraction of sp³-hybridized carbons (Fsp3) is 0.500. The molecule has 1 aromatic carbocycles. The molecule has 0 aliphatic carbocycles. The average Bonchev–Trinajstić information content (AvgIpc) is 2.42. The first-order valence-electron chi connectivity index (χ1n) is 6.88. The van der Waals surface area contributed by atoms with E-state index in [4.69, 9.17) is 5.73 Å². The van der Waals surface area contributed by atoms with Gasteiger partial charge in [0.05, 0.1) is 11.5 Å². The number of rotatable bonds is 7. The number of nitrogens with two attached hydrogens (primary N) is 1. The van der Waals surface area contributed by atoms with Crippen molar-refractivity contribution in [3.63, 3.8) is 0 Å². The molecule has 0 saturated carbocycles. The first kappa shape index (κ1) is 16.9. The molecule has 0 spiro atoms. The van der Waals surface area contributed by atoms with Crippen molar-refractivity contribution in [2.45, 2.75) is 20.4 Å². The number of nitrogen functional groups attached to an aromatic ring is 1. The second kappa shape index (κ2) is 7.58. The number of carbonyl (C=O) groups is 1. The number of nitrogens with zero attached hydrogens (tertiary/aromatic N) is 3. The first-order valence-corrected chi connectivity index (χ1v) is 6.88. The van der Waals surface area contributed by atoms with Crippen LogP contribution >= 0.6 is 0 Å². The van der Waals surface area contributed by atoms with Gasteiger partial charge in [0.1, 0.15) is 0 Å². The van der Waals surface area contributed by atoms with E-state index in [1.807, 2.05) is 13.8 Å². The summed E-state index contributed by atoms with van der Waals surface area (Å²) in [5, 5.41) is 10.8. The third-order valence-electron chi connectivity index (χ3n) is 3.30. The van der Waals surface area contributed by atoms with E-state index in [1.54, 1.807) is 16.8 Å². The number of carbonyl (C=O) groups excluding carboxylic acids is 1. The molecule has 1 rings (SSSR count). The first-order chi connectivity index (χ1) is 9.88. The highest BCUT2D eigenvalue weighted by Gasteiger charge is 2.15. The van der Waals surface area contributed by atoms with E-state index >= 15 is 0 Å². The van der Waals surface area contributed by atoms with Gasteiger partial charge >= 0.3 is 0 Å². The Labute approximate surface area is 124 Å². The summed E-state index contributed by atoms with van der Waals surface area (Å²) in [4.78, 5) is 25.9. The highest BCUT2D eigenvalue weighted by Crippen LogP contribution is 2.20. The molecular formula is C14H22N4O3. The minimum absolute atomic E-state index is 0.00247. The lowest BCUT2D eigenvalue weighted by Crippen LogP contribution is -2.38. The predicted molar refractivity (Wildman–Crippen MR) is 81.8 cm³/mol. The number of anilines is 1. The Morgan fingerprint density at radius 1 is 1.33 bits per heavy atom. The SMILES string of the molecule is CCN(CC)C(=O)CN(C)Cc1cc([N+](=O)[O-])ccc1N. The number of likely N-dealkylation sites (N-methyl/N-ethyl adjacent to an activating group) is 2. The van der Waals surface area contributed by atoms with E-state index in [0.29, 0.717) is 30.9 Å². The van der Waals surface area contributed by atoms with Crippen LogP contribution in [0.5, 0.6) is 0 Å². The molecule has 1 aromatic rings. The van der Waals surface area contributed by atoms with Gasteiger partial charge in [0.25, 0.3) is 5.69 Å². The molecule has 0 atom stereocenters. The summed E-state index contributed by atoms with van der Waals surface area (Å²) in [5.74, 6) is 0.0338. The van der Waals surface area contributed by atoms with Crippen molar-refractivity contribution < 1.29 is 9.72 Å². The Morgan fingerprint density at radius 2 is 1.95 bits per heavy atom. The Morgan fingerprint density at radius 3 is 2.48 bits per heavy atom. The number of nitro benzene ring substituents is 1. The molecule has 1 amide bonds. The Bertz CT molecular complexity index is 515. The second-order valence-corrected chi connectivity index (χ2v) is 4.88. The van der Waals surface area contributed by atoms with E-state index in [0.717, 1.165) is 0 Å². The van der Waals surface area contributed by atoms with Gasteiger partial charge in [0.2, 0.25) is 5.91 Å². The number of benzene rings is 1. The molecule has 116 valence electrons. The zero-order valence-electron chi connectivity index (χ0n) is 12.7. The van der Waals surface area contributed by atoms with Crippen LogP contribution in [0.2, 0.25) is 0 Å². The number of hydrogen-bond donors (Lipinski definition) is 1. The molecule has 0 saturated heterocycles. The summed E-state index contributed by atoms with van der Waals surface area (Å²) < 4.78 is 0. The molecule has 0 aromatic heterocycles. The van der Waals surface area contributed by atoms with Crippen molar-refractivity contribution in [1.29, 1.82) is 0 Å². The molecule has 7 heteroatoms. The lowest BCUT2D eigenvalue weighted by Gasteiger charge is -2.23. The van der Waals surface area contributed by atoms with Crippen LogP contribution in [-0.4, -0.2) is 47.3 Å². The van der Waals surface area contributed by atoms with Crippen molar-refractivity contribution in [1.82, 2.24) is 9.80 Å². The molecule has 2 N–H and O–H groups in total. The smallest absolute Gasteiger partial charge is 0.269 e. The summed E-state index contributed by atoms with van der Waals surface area (Å²) in [6, 6.07) is 4.35.